The number of pyridine rings is 1. The van der Waals surface area contributed by atoms with Crippen LogP contribution in [0.15, 0.2) is 82.7 Å². The lowest BCUT2D eigenvalue weighted by molar-refractivity contribution is -0.137. The van der Waals surface area contributed by atoms with Crippen LogP contribution in [0.25, 0.3) is 22.0 Å². The molecule has 0 saturated heterocycles. The number of hydrogen-bond donors (Lipinski definition) is 0. The Kier molecular flexibility index (Phi) is 5.47. The number of alkyl halides is 3. The zero-order chi connectivity index (χ0) is 20.6. The molecule has 0 spiro atoms. The van der Waals surface area contributed by atoms with Gasteiger partial charge in [-0.2, -0.15) is 13.2 Å². The Morgan fingerprint density at radius 2 is 1.48 bits per heavy atom. The van der Waals surface area contributed by atoms with Crippen LogP contribution in [-0.4, -0.2) is 4.98 Å². The number of rotatable bonds is 3. The predicted octanol–water partition coefficient (Wildman–Crippen LogP) is 8.38. The number of halogens is 5. The number of para-hydroxylation sites is 1. The van der Waals surface area contributed by atoms with E-state index >= 15 is 0 Å². The quantitative estimate of drug-likeness (QED) is 0.311. The molecule has 29 heavy (non-hydrogen) atoms. The van der Waals surface area contributed by atoms with Crippen LogP contribution in [0.4, 0.5) is 13.2 Å². The summed E-state index contributed by atoms with van der Waals surface area (Å²) in [7, 11) is 0. The van der Waals surface area contributed by atoms with E-state index in [-0.39, 0.29) is 0 Å². The molecule has 1 nitrogen and oxygen atoms in total. The molecule has 1 heterocycles. The van der Waals surface area contributed by atoms with Gasteiger partial charge in [-0.15, -0.1) is 0 Å². The van der Waals surface area contributed by atoms with E-state index < -0.39 is 11.7 Å². The van der Waals surface area contributed by atoms with Gasteiger partial charge in [-0.3, -0.25) is 0 Å². The molecular weight excluding hydrogens is 438 g/mol. The second-order valence-electron chi connectivity index (χ2n) is 6.27. The van der Waals surface area contributed by atoms with Gasteiger partial charge >= 0.3 is 6.18 Å². The van der Waals surface area contributed by atoms with Crippen molar-refractivity contribution in [2.75, 3.05) is 0 Å². The molecule has 1 aromatic heterocycles. The van der Waals surface area contributed by atoms with Crippen molar-refractivity contribution >= 4 is 45.9 Å². The Labute approximate surface area is 179 Å². The zero-order valence-electron chi connectivity index (χ0n) is 14.7. The van der Waals surface area contributed by atoms with Gasteiger partial charge in [-0.1, -0.05) is 71.4 Å². The molecule has 4 aromatic rings. The number of fused-ring (bicyclic) bond motifs is 1. The van der Waals surface area contributed by atoms with Gasteiger partial charge < -0.3 is 0 Å². The van der Waals surface area contributed by atoms with Gasteiger partial charge in [-0.25, -0.2) is 4.98 Å². The molecule has 0 N–H and O–H groups in total. The summed E-state index contributed by atoms with van der Waals surface area (Å²) < 4.78 is 39.7. The van der Waals surface area contributed by atoms with Crippen LogP contribution in [-0.2, 0) is 6.18 Å². The highest BCUT2D eigenvalue weighted by Crippen LogP contribution is 2.43. The molecule has 0 saturated carbocycles. The van der Waals surface area contributed by atoms with Crippen molar-refractivity contribution < 1.29 is 13.2 Å². The fourth-order valence-corrected chi connectivity index (χ4v) is 4.51. The van der Waals surface area contributed by atoms with Gasteiger partial charge in [0.1, 0.15) is 5.03 Å². The van der Waals surface area contributed by atoms with Crippen LogP contribution in [0.3, 0.4) is 0 Å². The Morgan fingerprint density at radius 1 is 0.793 bits per heavy atom. The van der Waals surface area contributed by atoms with Crippen LogP contribution in [0.2, 0.25) is 10.0 Å². The third-order valence-electron chi connectivity index (χ3n) is 4.31. The van der Waals surface area contributed by atoms with Gasteiger partial charge in [0.2, 0.25) is 0 Å². The van der Waals surface area contributed by atoms with Gasteiger partial charge in [0.05, 0.1) is 26.0 Å². The van der Waals surface area contributed by atoms with E-state index in [0.717, 1.165) is 23.0 Å². The average molecular weight is 450 g/mol. The summed E-state index contributed by atoms with van der Waals surface area (Å²) in [6.07, 6.45) is -4.43. The van der Waals surface area contributed by atoms with Crippen LogP contribution in [0, 0.1) is 0 Å². The van der Waals surface area contributed by atoms with Crippen molar-refractivity contribution in [2.45, 2.75) is 16.1 Å². The Bertz CT molecular complexity index is 1190. The lowest BCUT2D eigenvalue weighted by atomic mass is 10.0. The van der Waals surface area contributed by atoms with Crippen LogP contribution < -0.4 is 0 Å². The largest absolute Gasteiger partial charge is 0.416 e. The van der Waals surface area contributed by atoms with E-state index in [2.05, 4.69) is 4.98 Å². The highest BCUT2D eigenvalue weighted by Gasteiger charge is 2.30. The monoisotopic (exact) mass is 449 g/mol. The molecule has 0 fully saturated rings. The van der Waals surface area contributed by atoms with Crippen molar-refractivity contribution in [1.29, 1.82) is 0 Å². The normalized spacial score (nSPS) is 11.8. The molecule has 0 bridgehead atoms. The first kappa shape index (κ1) is 20.1. The summed E-state index contributed by atoms with van der Waals surface area (Å²) in [5, 5.41) is 2.26. The minimum atomic E-state index is -4.43. The van der Waals surface area contributed by atoms with Gasteiger partial charge in [0, 0.05) is 10.9 Å². The predicted molar refractivity (Wildman–Crippen MR) is 113 cm³/mol. The maximum absolute atomic E-state index is 13.2. The minimum Gasteiger partial charge on any atom is -0.240 e. The zero-order valence-corrected chi connectivity index (χ0v) is 17.0. The van der Waals surface area contributed by atoms with Crippen molar-refractivity contribution in [2.24, 2.45) is 0 Å². The van der Waals surface area contributed by atoms with Crippen molar-refractivity contribution in [3.63, 3.8) is 0 Å². The highest BCUT2D eigenvalue weighted by atomic mass is 35.5. The summed E-state index contributed by atoms with van der Waals surface area (Å²) in [4.78, 5) is 5.29. The van der Waals surface area contributed by atoms with E-state index in [9.17, 15) is 13.2 Å². The number of aromatic nitrogens is 1. The minimum absolute atomic E-state index is 0.420. The number of hydrogen-bond acceptors (Lipinski definition) is 2. The van der Waals surface area contributed by atoms with E-state index in [1.54, 1.807) is 24.3 Å². The van der Waals surface area contributed by atoms with Crippen molar-refractivity contribution in [3.05, 3.63) is 88.4 Å². The molecule has 0 radical (unpaired) electrons. The average Bonchev–Trinajstić information content (AvgIpc) is 2.70. The molecule has 146 valence electrons. The van der Waals surface area contributed by atoms with Gasteiger partial charge in [0.25, 0.3) is 0 Å². The standard InChI is InChI=1S/C22H12Cl2F3NS/c23-17-8-4-9-18(24)20(17)29-21-16(12-14-5-1-2-10-19(14)28-21)13-6-3-7-15(11-13)22(25,26)27/h1-12H. The summed E-state index contributed by atoms with van der Waals surface area (Å²) in [5.74, 6) is 0. The van der Waals surface area contributed by atoms with Crippen LogP contribution in [0.1, 0.15) is 5.56 Å². The maximum atomic E-state index is 13.2. The first-order valence-electron chi connectivity index (χ1n) is 8.52. The smallest absolute Gasteiger partial charge is 0.240 e. The third kappa shape index (κ3) is 4.22. The second-order valence-corrected chi connectivity index (χ2v) is 8.08. The summed E-state index contributed by atoms with van der Waals surface area (Å²) >= 11 is 13.8. The fraction of sp³-hybridized carbons (Fsp3) is 0.0455. The Hall–Kier alpha value is -2.21. The molecule has 3 aromatic carbocycles. The second kappa shape index (κ2) is 7.90. The SMILES string of the molecule is FC(F)(F)c1cccc(-c2cc3ccccc3nc2Sc2c(Cl)cccc2Cl)c1. The molecule has 0 atom stereocenters. The van der Waals surface area contributed by atoms with E-state index in [0.29, 0.717) is 31.1 Å². The molecular formula is C22H12Cl2F3NS. The lowest BCUT2D eigenvalue weighted by Gasteiger charge is -2.14. The molecule has 0 aliphatic heterocycles. The van der Waals surface area contributed by atoms with E-state index in [1.807, 2.05) is 30.3 Å². The summed E-state index contributed by atoms with van der Waals surface area (Å²) in [5.41, 5.74) is 1.02. The molecule has 0 amide bonds. The lowest BCUT2D eigenvalue weighted by Crippen LogP contribution is -2.04. The van der Waals surface area contributed by atoms with Gasteiger partial charge in [-0.05, 0) is 42.0 Å². The van der Waals surface area contributed by atoms with Crippen LogP contribution >= 0.6 is 35.0 Å². The first-order valence-corrected chi connectivity index (χ1v) is 10.1. The topological polar surface area (TPSA) is 12.9 Å². The molecule has 0 aliphatic rings. The Balaban J connectivity index is 1.92. The highest BCUT2D eigenvalue weighted by molar-refractivity contribution is 7.99. The number of benzene rings is 3. The molecule has 7 heteroatoms. The van der Waals surface area contributed by atoms with Gasteiger partial charge in [0.15, 0.2) is 0 Å². The van der Waals surface area contributed by atoms with Crippen molar-refractivity contribution in [3.8, 4) is 11.1 Å². The Morgan fingerprint density at radius 3 is 2.21 bits per heavy atom. The summed E-state index contributed by atoms with van der Waals surface area (Å²) in [6, 6.07) is 19.6. The molecule has 4 rings (SSSR count). The maximum Gasteiger partial charge on any atom is 0.416 e. The van der Waals surface area contributed by atoms with E-state index in [4.69, 9.17) is 23.2 Å². The first-order chi connectivity index (χ1) is 13.8. The molecule has 0 aliphatic carbocycles. The van der Waals surface area contributed by atoms with E-state index in [1.165, 1.54) is 17.8 Å². The fourth-order valence-electron chi connectivity index (χ4n) is 2.92. The molecule has 0 unspecified atom stereocenters. The third-order valence-corrected chi connectivity index (χ3v) is 6.31. The van der Waals surface area contributed by atoms with Crippen molar-refractivity contribution in [1.82, 2.24) is 4.98 Å². The summed E-state index contributed by atoms with van der Waals surface area (Å²) in [6.45, 7) is 0. The van der Waals surface area contributed by atoms with Crippen LogP contribution in [0.5, 0.6) is 0 Å². The number of nitrogens with zero attached hydrogens (tertiary/aromatic N) is 1.